The lowest BCUT2D eigenvalue weighted by Crippen LogP contribution is -2.53. The third-order valence-electron chi connectivity index (χ3n) is 3.93. The van der Waals surface area contributed by atoms with Crippen molar-refractivity contribution in [2.24, 2.45) is 17.4 Å². The minimum atomic E-state index is -0.806. The van der Waals surface area contributed by atoms with E-state index in [1.54, 1.807) is 6.92 Å². The Hall–Kier alpha value is -1.14. The smallest absolute Gasteiger partial charge is 0.318 e. The number of hydrogen-bond acceptors (Lipinski definition) is 4. The summed E-state index contributed by atoms with van der Waals surface area (Å²) in [6, 6.07) is -0.883. The van der Waals surface area contributed by atoms with E-state index in [0.29, 0.717) is 18.5 Å². The molecule has 0 aromatic rings. The molecule has 5 N–H and O–H groups in total. The van der Waals surface area contributed by atoms with Crippen molar-refractivity contribution in [3.8, 4) is 0 Å². The second-order valence-electron chi connectivity index (χ2n) is 5.04. The predicted molar refractivity (Wildman–Crippen MR) is 69.8 cm³/mol. The lowest BCUT2D eigenvalue weighted by Gasteiger charge is -2.39. The van der Waals surface area contributed by atoms with Crippen LogP contribution in [0.4, 0.5) is 4.79 Å². The highest BCUT2D eigenvalue weighted by atomic mass is 16.2. The maximum atomic E-state index is 11.7. The summed E-state index contributed by atoms with van der Waals surface area (Å²) < 4.78 is 0. The second kappa shape index (κ2) is 6.70. The fourth-order valence-corrected chi connectivity index (χ4v) is 2.70. The molecule has 1 fully saturated rings. The summed E-state index contributed by atoms with van der Waals surface area (Å²) in [7, 11) is 1.91. The number of amides is 3. The number of hydrogen-bond donors (Lipinski definition) is 3. The molecule has 18 heavy (non-hydrogen) atoms. The molecule has 1 aliphatic rings. The highest BCUT2D eigenvalue weighted by Crippen LogP contribution is 2.28. The fourth-order valence-electron chi connectivity index (χ4n) is 2.70. The number of imide groups is 1. The maximum absolute atomic E-state index is 11.7. The van der Waals surface area contributed by atoms with Gasteiger partial charge in [0.25, 0.3) is 0 Å². The van der Waals surface area contributed by atoms with Crippen LogP contribution in [-0.2, 0) is 4.79 Å². The number of rotatable bonds is 4. The van der Waals surface area contributed by atoms with Crippen LogP contribution in [0.2, 0.25) is 0 Å². The van der Waals surface area contributed by atoms with Crippen LogP contribution in [0.3, 0.4) is 0 Å². The van der Waals surface area contributed by atoms with Crippen LogP contribution in [0.15, 0.2) is 0 Å². The molecule has 1 rings (SSSR count). The summed E-state index contributed by atoms with van der Waals surface area (Å²) in [4.78, 5) is 24.4. The lowest BCUT2D eigenvalue weighted by molar-refractivity contribution is -0.125. The Kier molecular flexibility index (Phi) is 5.55. The van der Waals surface area contributed by atoms with Crippen LogP contribution in [-0.4, -0.2) is 42.5 Å². The molecule has 0 saturated heterocycles. The Balaban J connectivity index is 2.63. The number of carbonyl (C=O) groups excluding carboxylic acids is 2. The van der Waals surface area contributed by atoms with Crippen LogP contribution >= 0.6 is 0 Å². The fraction of sp³-hybridized carbons (Fsp3) is 0.833. The van der Waals surface area contributed by atoms with Gasteiger partial charge < -0.3 is 11.5 Å². The van der Waals surface area contributed by atoms with Gasteiger partial charge in [-0.25, -0.2) is 4.79 Å². The van der Waals surface area contributed by atoms with Crippen molar-refractivity contribution in [3.05, 3.63) is 0 Å². The number of primary amides is 1. The average molecular weight is 256 g/mol. The van der Waals surface area contributed by atoms with Crippen molar-refractivity contribution in [1.82, 2.24) is 10.2 Å². The summed E-state index contributed by atoms with van der Waals surface area (Å²) in [5, 5.41) is 2.12. The molecule has 0 heterocycles. The minimum Gasteiger partial charge on any atom is -0.351 e. The number of likely N-dealkylation sites (N-methyl/N-ethyl adjacent to an activating group) is 1. The van der Waals surface area contributed by atoms with E-state index in [-0.39, 0.29) is 11.9 Å². The molecule has 3 amide bonds. The molecule has 1 saturated carbocycles. The highest BCUT2D eigenvalue weighted by Gasteiger charge is 2.32. The number of nitrogens with one attached hydrogen (secondary N) is 1. The molecule has 3 unspecified atom stereocenters. The predicted octanol–water partition coefficient (Wildman–Crippen LogP) is 0.0191. The normalized spacial score (nSPS) is 25.8. The summed E-state index contributed by atoms with van der Waals surface area (Å²) in [6.07, 6.45) is 4.52. The number of carbonyl (C=O) groups is 2. The van der Waals surface area contributed by atoms with Crippen LogP contribution in [0.1, 0.15) is 32.6 Å². The van der Waals surface area contributed by atoms with Gasteiger partial charge in [-0.05, 0) is 39.3 Å². The monoisotopic (exact) mass is 256 g/mol. The van der Waals surface area contributed by atoms with Gasteiger partial charge >= 0.3 is 6.03 Å². The number of urea groups is 1. The zero-order valence-corrected chi connectivity index (χ0v) is 11.2. The van der Waals surface area contributed by atoms with Gasteiger partial charge in [-0.15, -0.1) is 0 Å². The van der Waals surface area contributed by atoms with Gasteiger partial charge in [0.2, 0.25) is 5.91 Å². The number of nitrogens with two attached hydrogens (primary N) is 2. The molecule has 104 valence electrons. The van der Waals surface area contributed by atoms with Gasteiger partial charge in [-0.1, -0.05) is 12.8 Å². The Morgan fingerprint density at radius 2 is 2.00 bits per heavy atom. The van der Waals surface area contributed by atoms with Crippen molar-refractivity contribution < 1.29 is 9.59 Å². The lowest BCUT2D eigenvalue weighted by atomic mass is 9.83. The van der Waals surface area contributed by atoms with E-state index in [2.05, 4.69) is 5.32 Å². The standard InChI is InChI=1S/C12H24N4O2/c1-8(11(17)15-12(14)18)16(2)10-6-4-3-5-9(10)7-13/h8-10H,3-7,13H2,1-2H3,(H3,14,15,17,18). The van der Waals surface area contributed by atoms with Crippen molar-refractivity contribution >= 4 is 11.9 Å². The van der Waals surface area contributed by atoms with Crippen molar-refractivity contribution in [2.75, 3.05) is 13.6 Å². The maximum Gasteiger partial charge on any atom is 0.318 e. The first-order chi connectivity index (χ1) is 8.47. The summed E-state index contributed by atoms with van der Waals surface area (Å²) in [6.45, 7) is 2.42. The van der Waals surface area contributed by atoms with E-state index in [4.69, 9.17) is 11.5 Å². The summed E-state index contributed by atoms with van der Waals surface area (Å²) in [5.41, 5.74) is 10.7. The Labute approximate surface area is 108 Å². The Morgan fingerprint density at radius 3 is 2.56 bits per heavy atom. The van der Waals surface area contributed by atoms with Gasteiger partial charge in [0.15, 0.2) is 0 Å². The SMILES string of the molecule is CC(C(=O)NC(N)=O)N(C)C1CCCCC1CN. The molecule has 0 aliphatic heterocycles. The van der Waals surface area contributed by atoms with Crippen molar-refractivity contribution in [2.45, 2.75) is 44.7 Å². The van der Waals surface area contributed by atoms with E-state index < -0.39 is 6.03 Å². The van der Waals surface area contributed by atoms with Crippen LogP contribution in [0.5, 0.6) is 0 Å². The highest BCUT2D eigenvalue weighted by molar-refractivity contribution is 5.96. The number of nitrogens with zero attached hydrogens (tertiary/aromatic N) is 1. The molecule has 3 atom stereocenters. The second-order valence-corrected chi connectivity index (χ2v) is 5.04. The third kappa shape index (κ3) is 3.68. The largest absolute Gasteiger partial charge is 0.351 e. The molecule has 0 aromatic heterocycles. The molecule has 0 radical (unpaired) electrons. The van der Waals surface area contributed by atoms with Gasteiger partial charge in [-0.2, -0.15) is 0 Å². The first-order valence-electron chi connectivity index (χ1n) is 6.49. The quantitative estimate of drug-likeness (QED) is 0.660. The Bertz CT molecular complexity index is 308. The summed E-state index contributed by atoms with van der Waals surface area (Å²) >= 11 is 0. The van der Waals surface area contributed by atoms with E-state index in [1.165, 1.54) is 6.42 Å². The van der Waals surface area contributed by atoms with E-state index >= 15 is 0 Å². The van der Waals surface area contributed by atoms with E-state index in [9.17, 15) is 9.59 Å². The summed E-state index contributed by atoms with van der Waals surface area (Å²) in [5.74, 6) is 0.0684. The molecule has 0 bridgehead atoms. The van der Waals surface area contributed by atoms with Gasteiger partial charge in [0, 0.05) is 6.04 Å². The molecule has 0 spiro atoms. The molecule has 1 aliphatic carbocycles. The van der Waals surface area contributed by atoms with Crippen molar-refractivity contribution in [1.29, 1.82) is 0 Å². The molecular formula is C12H24N4O2. The topological polar surface area (TPSA) is 101 Å². The van der Waals surface area contributed by atoms with Crippen LogP contribution in [0, 0.1) is 5.92 Å². The zero-order chi connectivity index (χ0) is 13.7. The van der Waals surface area contributed by atoms with Crippen molar-refractivity contribution in [3.63, 3.8) is 0 Å². The molecule has 6 heteroatoms. The van der Waals surface area contributed by atoms with Gasteiger partial charge in [0.05, 0.1) is 6.04 Å². The van der Waals surface area contributed by atoms with E-state index in [0.717, 1.165) is 19.3 Å². The molecule has 0 aromatic carbocycles. The molecular weight excluding hydrogens is 232 g/mol. The minimum absolute atomic E-state index is 0.303. The third-order valence-corrected chi connectivity index (χ3v) is 3.93. The average Bonchev–Trinajstić information content (AvgIpc) is 2.36. The zero-order valence-electron chi connectivity index (χ0n) is 11.2. The molecule has 6 nitrogen and oxygen atoms in total. The van der Waals surface area contributed by atoms with E-state index in [1.807, 2.05) is 11.9 Å². The Morgan fingerprint density at radius 1 is 1.39 bits per heavy atom. The van der Waals surface area contributed by atoms with Crippen LogP contribution < -0.4 is 16.8 Å². The van der Waals surface area contributed by atoms with Crippen LogP contribution in [0.25, 0.3) is 0 Å². The first-order valence-corrected chi connectivity index (χ1v) is 6.49. The van der Waals surface area contributed by atoms with Gasteiger partial charge in [-0.3, -0.25) is 15.0 Å². The van der Waals surface area contributed by atoms with Gasteiger partial charge in [0.1, 0.15) is 0 Å². The first kappa shape index (κ1) is 14.9.